The first-order valence-electron chi connectivity index (χ1n) is 11.4. The Hall–Kier alpha value is -2.23. The molecular formula is C26H39NO3. The van der Waals surface area contributed by atoms with E-state index in [2.05, 4.69) is 33.8 Å². The Balaban J connectivity index is 2.30. The molecule has 1 saturated carbocycles. The van der Waals surface area contributed by atoms with Crippen LogP contribution in [0.1, 0.15) is 94.1 Å². The van der Waals surface area contributed by atoms with Gasteiger partial charge in [0, 0.05) is 18.7 Å². The monoisotopic (exact) mass is 413 g/mol. The Labute approximate surface area is 182 Å². The van der Waals surface area contributed by atoms with Crippen LogP contribution in [0.4, 0.5) is 0 Å². The lowest BCUT2D eigenvalue weighted by atomic mass is 9.94. The van der Waals surface area contributed by atoms with Crippen LogP contribution in [-0.4, -0.2) is 34.1 Å². The number of phenols is 2. The zero-order valence-electron chi connectivity index (χ0n) is 19.4. The van der Waals surface area contributed by atoms with Crippen LogP contribution in [0, 0.1) is 0 Å². The van der Waals surface area contributed by atoms with E-state index in [9.17, 15) is 15.0 Å². The zero-order valence-corrected chi connectivity index (χ0v) is 19.4. The first-order valence-corrected chi connectivity index (χ1v) is 11.4. The molecule has 0 unspecified atom stereocenters. The summed E-state index contributed by atoms with van der Waals surface area (Å²) >= 11 is 0. The molecule has 0 spiro atoms. The van der Waals surface area contributed by atoms with Gasteiger partial charge in [-0.3, -0.25) is 4.79 Å². The van der Waals surface area contributed by atoms with Crippen LogP contribution in [0.2, 0.25) is 0 Å². The highest BCUT2D eigenvalue weighted by molar-refractivity contribution is 5.99. The molecule has 0 bridgehead atoms. The minimum absolute atomic E-state index is 0.0488. The number of aromatic hydroxyl groups is 2. The molecule has 1 amide bonds. The zero-order chi connectivity index (χ0) is 22.3. The van der Waals surface area contributed by atoms with Gasteiger partial charge in [-0.1, -0.05) is 43.1 Å². The molecule has 0 atom stereocenters. The van der Waals surface area contributed by atoms with Crippen LogP contribution in [0.15, 0.2) is 29.4 Å². The fraction of sp³-hybridized carbons (Fsp3) is 0.577. The average molecular weight is 414 g/mol. The van der Waals surface area contributed by atoms with Crippen molar-refractivity contribution < 1.29 is 15.0 Å². The second-order valence-corrected chi connectivity index (χ2v) is 8.94. The lowest BCUT2D eigenvalue weighted by Gasteiger charge is -2.21. The van der Waals surface area contributed by atoms with Crippen molar-refractivity contribution in [1.82, 2.24) is 4.90 Å². The Kier molecular flexibility index (Phi) is 9.01. The van der Waals surface area contributed by atoms with Crippen molar-refractivity contribution in [3.63, 3.8) is 0 Å². The lowest BCUT2D eigenvalue weighted by molar-refractivity contribution is 0.0780. The quantitative estimate of drug-likeness (QED) is 0.330. The number of rotatable bonds is 11. The normalized spacial score (nSPS) is 14.0. The largest absolute Gasteiger partial charge is 0.508 e. The Morgan fingerprint density at radius 2 is 1.87 bits per heavy atom. The second-order valence-electron chi connectivity index (χ2n) is 8.94. The van der Waals surface area contributed by atoms with Gasteiger partial charge in [-0.2, -0.15) is 0 Å². The van der Waals surface area contributed by atoms with Gasteiger partial charge in [-0.15, -0.1) is 0 Å². The summed E-state index contributed by atoms with van der Waals surface area (Å²) < 4.78 is 0. The molecule has 1 aliphatic rings. The highest BCUT2D eigenvalue weighted by Gasteiger charge is 2.33. The Morgan fingerprint density at radius 3 is 2.47 bits per heavy atom. The van der Waals surface area contributed by atoms with E-state index in [-0.39, 0.29) is 23.4 Å². The molecule has 30 heavy (non-hydrogen) atoms. The first-order chi connectivity index (χ1) is 14.3. The topological polar surface area (TPSA) is 60.8 Å². The molecule has 2 rings (SSSR count). The van der Waals surface area contributed by atoms with Crippen LogP contribution >= 0.6 is 0 Å². The van der Waals surface area contributed by atoms with E-state index in [1.54, 1.807) is 11.0 Å². The smallest absolute Gasteiger partial charge is 0.257 e. The van der Waals surface area contributed by atoms with E-state index in [1.807, 2.05) is 13.1 Å². The summed E-state index contributed by atoms with van der Waals surface area (Å²) in [6.07, 6.45) is 12.4. The molecule has 2 N–H and O–H groups in total. The highest BCUT2D eigenvalue weighted by atomic mass is 16.3. The van der Waals surface area contributed by atoms with Crippen molar-refractivity contribution in [2.24, 2.45) is 0 Å². The van der Waals surface area contributed by atoms with Crippen LogP contribution < -0.4 is 0 Å². The Bertz CT molecular complexity index is 799. The van der Waals surface area contributed by atoms with Crippen LogP contribution in [0.3, 0.4) is 0 Å². The van der Waals surface area contributed by atoms with Crippen LogP contribution in [0.25, 0.3) is 0 Å². The molecule has 1 aliphatic carbocycles. The molecule has 1 aromatic carbocycles. The molecule has 0 radical (unpaired) electrons. The number of hydrogen-bond donors (Lipinski definition) is 2. The number of hydrogen-bond acceptors (Lipinski definition) is 3. The predicted octanol–water partition coefficient (Wildman–Crippen LogP) is 6.30. The number of carbonyl (C=O) groups excluding carboxylic acids is 1. The molecule has 166 valence electrons. The fourth-order valence-corrected chi connectivity index (χ4v) is 3.72. The number of nitrogens with zero attached hydrogens (tertiary/aromatic N) is 1. The molecule has 0 heterocycles. The van der Waals surface area contributed by atoms with Crippen molar-refractivity contribution >= 4 is 5.91 Å². The summed E-state index contributed by atoms with van der Waals surface area (Å²) in [5, 5.41) is 21.7. The molecule has 0 aromatic heterocycles. The van der Waals surface area contributed by atoms with Crippen molar-refractivity contribution in [1.29, 1.82) is 0 Å². The summed E-state index contributed by atoms with van der Waals surface area (Å²) in [5.74, 6) is -0.0997. The van der Waals surface area contributed by atoms with Gasteiger partial charge in [0.05, 0.1) is 5.56 Å². The number of unbranched alkanes of at least 4 members (excludes halogenated alkanes) is 2. The maximum atomic E-state index is 13.2. The van der Waals surface area contributed by atoms with Gasteiger partial charge in [0.15, 0.2) is 0 Å². The second kappa shape index (κ2) is 11.2. The number of phenolic OH excluding ortho intramolecular Hbond substituents is 2. The van der Waals surface area contributed by atoms with E-state index in [1.165, 1.54) is 11.1 Å². The summed E-state index contributed by atoms with van der Waals surface area (Å²) in [7, 11) is 1.81. The summed E-state index contributed by atoms with van der Waals surface area (Å²) in [6, 6.07) is 1.97. The summed E-state index contributed by atoms with van der Waals surface area (Å²) in [5.41, 5.74) is 4.09. The van der Waals surface area contributed by atoms with E-state index in [0.717, 1.165) is 50.5 Å². The van der Waals surface area contributed by atoms with E-state index in [0.29, 0.717) is 24.0 Å². The number of allylic oxidation sites excluding steroid dienone is 4. The SMILES string of the molecule is CCCCCc1cc(O)c(C/C=C(\C)CCC=C(C)C)c(O)c1C(=O)N(C)C1CC1. The van der Waals surface area contributed by atoms with Gasteiger partial charge in [0.25, 0.3) is 5.91 Å². The fourth-order valence-electron chi connectivity index (χ4n) is 3.72. The third-order valence-electron chi connectivity index (χ3n) is 5.89. The van der Waals surface area contributed by atoms with Gasteiger partial charge < -0.3 is 15.1 Å². The molecule has 0 aliphatic heterocycles. The van der Waals surface area contributed by atoms with Gasteiger partial charge in [-0.05, 0) is 77.3 Å². The number of aryl methyl sites for hydroxylation is 1. The van der Waals surface area contributed by atoms with Gasteiger partial charge in [0.2, 0.25) is 0 Å². The number of carbonyl (C=O) groups is 1. The van der Waals surface area contributed by atoms with Crippen LogP contribution in [-0.2, 0) is 12.8 Å². The first kappa shape index (κ1) is 24.0. The predicted molar refractivity (Wildman–Crippen MR) is 124 cm³/mol. The standard InChI is InChI=1S/C26H39NO3/c1-6-7-8-12-20-17-23(28)22(16-13-19(4)11-9-10-18(2)3)25(29)24(20)26(30)27(5)21-14-15-21/h10,13,17,21,28-29H,6-9,11-12,14-16H2,1-5H3/b19-13+. The number of amides is 1. The maximum Gasteiger partial charge on any atom is 0.257 e. The lowest BCUT2D eigenvalue weighted by Crippen LogP contribution is -2.30. The molecular weight excluding hydrogens is 374 g/mol. The minimum atomic E-state index is -0.132. The van der Waals surface area contributed by atoms with Crippen molar-refractivity contribution in [3.8, 4) is 11.5 Å². The van der Waals surface area contributed by atoms with Gasteiger partial charge >= 0.3 is 0 Å². The van der Waals surface area contributed by atoms with Gasteiger partial charge in [0.1, 0.15) is 11.5 Å². The third kappa shape index (κ3) is 6.65. The third-order valence-corrected chi connectivity index (χ3v) is 5.89. The average Bonchev–Trinajstić information content (AvgIpc) is 3.52. The van der Waals surface area contributed by atoms with Crippen LogP contribution in [0.5, 0.6) is 11.5 Å². The van der Waals surface area contributed by atoms with Crippen molar-refractivity contribution in [2.45, 2.75) is 91.5 Å². The minimum Gasteiger partial charge on any atom is -0.508 e. The Morgan fingerprint density at radius 1 is 1.17 bits per heavy atom. The van der Waals surface area contributed by atoms with Crippen molar-refractivity contribution in [3.05, 3.63) is 46.1 Å². The summed E-state index contributed by atoms with van der Waals surface area (Å²) in [6.45, 7) is 8.39. The van der Waals surface area contributed by atoms with E-state index in [4.69, 9.17) is 0 Å². The molecule has 4 heteroatoms. The molecule has 1 fully saturated rings. The highest BCUT2D eigenvalue weighted by Crippen LogP contribution is 2.37. The summed E-state index contributed by atoms with van der Waals surface area (Å²) in [4.78, 5) is 14.9. The van der Waals surface area contributed by atoms with E-state index >= 15 is 0 Å². The number of benzene rings is 1. The molecule has 1 aromatic rings. The van der Waals surface area contributed by atoms with Crippen molar-refractivity contribution in [2.75, 3.05) is 7.05 Å². The van der Waals surface area contributed by atoms with Gasteiger partial charge in [-0.25, -0.2) is 0 Å². The molecule has 0 saturated heterocycles. The molecule has 4 nitrogen and oxygen atoms in total. The maximum absolute atomic E-state index is 13.2. The van der Waals surface area contributed by atoms with E-state index < -0.39 is 0 Å².